The Morgan fingerprint density at radius 1 is 0.875 bits per heavy atom. The average molecular weight is 347 g/mol. The smallest absolute Gasteiger partial charge is 0.306 e. The van der Waals surface area contributed by atoms with Crippen LogP contribution in [0.3, 0.4) is 0 Å². The Morgan fingerprint density at radius 3 is 2.04 bits per heavy atom. The molecule has 0 unspecified atom stereocenters. The molecule has 0 bridgehead atoms. The number of allylic oxidation sites excluding steroid dienone is 1. The van der Waals surface area contributed by atoms with Gasteiger partial charge < -0.3 is 4.74 Å². The summed E-state index contributed by atoms with van der Waals surface area (Å²) in [7, 11) is 0. The Labute approximate surface area is 147 Å². The van der Waals surface area contributed by atoms with Crippen LogP contribution in [0.5, 0.6) is 0 Å². The van der Waals surface area contributed by atoms with Gasteiger partial charge in [0.2, 0.25) is 0 Å². The van der Waals surface area contributed by atoms with Crippen LogP contribution in [-0.2, 0) is 9.53 Å². The Balaban J connectivity index is 3.64. The van der Waals surface area contributed by atoms with E-state index in [4.69, 9.17) is 4.74 Å². The quantitative estimate of drug-likeness (QED) is 0.174. The number of carbonyl (C=O) groups is 1. The Bertz CT molecular complexity index is 328. The molecule has 0 saturated heterocycles. The zero-order valence-electron chi connectivity index (χ0n) is 15.6. The molecule has 0 heterocycles. The van der Waals surface area contributed by atoms with E-state index in [1.807, 2.05) is 0 Å². The van der Waals surface area contributed by atoms with Gasteiger partial charge in [-0.2, -0.15) is 0 Å². The molecule has 0 radical (unpaired) electrons. The summed E-state index contributed by atoms with van der Waals surface area (Å²) in [5, 5.41) is 0. The number of ether oxygens (including phenoxy) is 1. The highest BCUT2D eigenvalue weighted by Gasteiger charge is 2.23. The maximum absolute atomic E-state index is 13.6. The number of alkyl halides is 2. The Kier molecular flexibility index (Phi) is 15.0. The van der Waals surface area contributed by atoms with Gasteiger partial charge >= 0.3 is 5.97 Å². The van der Waals surface area contributed by atoms with Crippen molar-refractivity contribution < 1.29 is 18.3 Å². The molecule has 0 aromatic rings. The summed E-state index contributed by atoms with van der Waals surface area (Å²) < 4.78 is 32.1. The molecule has 0 aliphatic carbocycles. The highest BCUT2D eigenvalue weighted by Crippen LogP contribution is 2.23. The van der Waals surface area contributed by atoms with E-state index in [0.717, 1.165) is 51.0 Å². The number of esters is 1. The maximum atomic E-state index is 13.6. The van der Waals surface area contributed by atoms with Crippen LogP contribution in [-0.4, -0.2) is 18.5 Å². The predicted molar refractivity (Wildman–Crippen MR) is 96.4 cm³/mol. The Hall–Kier alpha value is -0.930. The highest BCUT2D eigenvalue weighted by atomic mass is 19.3. The first-order valence-electron chi connectivity index (χ1n) is 9.73. The summed E-state index contributed by atoms with van der Waals surface area (Å²) in [4.78, 5) is 11.5. The van der Waals surface area contributed by atoms with Crippen LogP contribution in [0.4, 0.5) is 8.78 Å². The van der Waals surface area contributed by atoms with E-state index in [1.54, 1.807) is 0 Å². The fourth-order valence-corrected chi connectivity index (χ4v) is 2.53. The van der Waals surface area contributed by atoms with Gasteiger partial charge in [0.05, 0.1) is 0 Å². The second-order valence-electron chi connectivity index (χ2n) is 6.53. The lowest BCUT2D eigenvalue weighted by Gasteiger charge is -2.11. The van der Waals surface area contributed by atoms with Gasteiger partial charge in [0.1, 0.15) is 6.61 Å². The molecule has 0 rings (SSSR count). The molecule has 0 aromatic heterocycles. The van der Waals surface area contributed by atoms with E-state index < -0.39 is 5.92 Å². The summed E-state index contributed by atoms with van der Waals surface area (Å²) in [6.45, 7) is 4.21. The minimum atomic E-state index is -2.79. The zero-order chi connectivity index (χ0) is 18.1. The number of carbonyl (C=O) groups excluding carboxylic acids is 1. The van der Waals surface area contributed by atoms with Crippen LogP contribution in [0.2, 0.25) is 0 Å². The predicted octanol–water partition coefficient (Wildman–Crippen LogP) is 6.83. The summed E-state index contributed by atoms with van der Waals surface area (Å²) in [6, 6.07) is 0. The molecule has 0 aliphatic heterocycles. The molecule has 0 spiro atoms. The van der Waals surface area contributed by atoms with Gasteiger partial charge in [0.25, 0.3) is 5.92 Å². The normalized spacial score (nSPS) is 12.0. The van der Waals surface area contributed by atoms with Crippen molar-refractivity contribution in [2.24, 2.45) is 0 Å². The van der Waals surface area contributed by atoms with Crippen LogP contribution < -0.4 is 0 Å². The van der Waals surface area contributed by atoms with Gasteiger partial charge in [0, 0.05) is 12.8 Å². The summed E-state index contributed by atoms with van der Waals surface area (Å²) >= 11 is 0. The van der Waals surface area contributed by atoms with Crippen LogP contribution in [0, 0.1) is 0 Å². The van der Waals surface area contributed by atoms with Gasteiger partial charge in [-0.15, -0.1) is 0 Å². The molecule has 0 fully saturated rings. The second kappa shape index (κ2) is 15.6. The lowest BCUT2D eigenvalue weighted by molar-refractivity contribution is -0.142. The van der Waals surface area contributed by atoms with Crippen molar-refractivity contribution in [1.29, 1.82) is 0 Å². The molecule has 0 saturated carbocycles. The number of halogens is 2. The lowest BCUT2D eigenvalue weighted by atomic mass is 10.1. The number of rotatable bonds is 16. The van der Waals surface area contributed by atoms with E-state index in [-0.39, 0.29) is 19.0 Å². The van der Waals surface area contributed by atoms with Gasteiger partial charge in [-0.1, -0.05) is 71.6 Å². The SMILES string of the molecule is CCCCCCCCC(=O)OC/C=C\C(F)(F)CCCCCCC. The van der Waals surface area contributed by atoms with Crippen molar-refractivity contribution in [2.45, 2.75) is 103 Å². The maximum Gasteiger partial charge on any atom is 0.306 e. The van der Waals surface area contributed by atoms with Crippen molar-refractivity contribution in [3.63, 3.8) is 0 Å². The first kappa shape index (κ1) is 23.1. The van der Waals surface area contributed by atoms with Gasteiger partial charge in [-0.3, -0.25) is 4.79 Å². The van der Waals surface area contributed by atoms with Gasteiger partial charge in [-0.25, -0.2) is 8.78 Å². The fraction of sp³-hybridized carbons (Fsp3) is 0.850. The van der Waals surface area contributed by atoms with Crippen LogP contribution in [0.25, 0.3) is 0 Å². The van der Waals surface area contributed by atoms with Crippen LogP contribution in [0.15, 0.2) is 12.2 Å². The van der Waals surface area contributed by atoms with Crippen LogP contribution in [0.1, 0.15) is 97.3 Å². The van der Waals surface area contributed by atoms with Crippen LogP contribution >= 0.6 is 0 Å². The molecule has 0 aromatic carbocycles. The van der Waals surface area contributed by atoms with Crippen molar-refractivity contribution in [2.75, 3.05) is 6.61 Å². The third kappa shape index (κ3) is 15.9. The third-order valence-corrected chi connectivity index (χ3v) is 4.05. The first-order valence-corrected chi connectivity index (χ1v) is 9.73. The number of hydrogen-bond acceptors (Lipinski definition) is 2. The lowest BCUT2D eigenvalue weighted by Crippen LogP contribution is -2.12. The number of hydrogen-bond donors (Lipinski definition) is 0. The number of unbranched alkanes of at least 4 members (excludes halogenated alkanes) is 9. The monoisotopic (exact) mass is 346 g/mol. The largest absolute Gasteiger partial charge is 0.461 e. The minimum Gasteiger partial charge on any atom is -0.461 e. The van der Waals surface area contributed by atoms with E-state index in [9.17, 15) is 13.6 Å². The van der Waals surface area contributed by atoms with Gasteiger partial charge in [-0.05, 0) is 25.0 Å². The van der Waals surface area contributed by atoms with E-state index in [0.29, 0.717) is 12.8 Å². The molecule has 0 aliphatic rings. The summed E-state index contributed by atoms with van der Waals surface area (Å²) in [5.74, 6) is -3.09. The average Bonchev–Trinajstić information content (AvgIpc) is 2.54. The summed E-state index contributed by atoms with van der Waals surface area (Å²) in [6.07, 6.45) is 13.7. The highest BCUT2D eigenvalue weighted by molar-refractivity contribution is 5.69. The Morgan fingerprint density at radius 2 is 1.42 bits per heavy atom. The van der Waals surface area contributed by atoms with E-state index in [1.165, 1.54) is 25.3 Å². The molecule has 0 N–H and O–H groups in total. The van der Waals surface area contributed by atoms with Crippen molar-refractivity contribution in [3.05, 3.63) is 12.2 Å². The molecule has 0 amide bonds. The molecule has 2 nitrogen and oxygen atoms in total. The molecule has 142 valence electrons. The molecule has 24 heavy (non-hydrogen) atoms. The zero-order valence-corrected chi connectivity index (χ0v) is 15.6. The van der Waals surface area contributed by atoms with E-state index >= 15 is 0 Å². The molecular weight excluding hydrogens is 310 g/mol. The topological polar surface area (TPSA) is 26.3 Å². The summed E-state index contributed by atoms with van der Waals surface area (Å²) in [5.41, 5.74) is 0. The first-order chi connectivity index (χ1) is 11.5. The molecular formula is C20H36F2O2. The third-order valence-electron chi connectivity index (χ3n) is 4.05. The minimum absolute atomic E-state index is 0.0555. The molecule has 4 heteroatoms. The second-order valence-corrected chi connectivity index (χ2v) is 6.53. The van der Waals surface area contributed by atoms with Crippen molar-refractivity contribution in [1.82, 2.24) is 0 Å². The standard InChI is InChI=1S/C20H36F2O2/c1-3-5-7-9-10-12-15-19(23)24-18-14-17-20(21,22)16-13-11-8-6-4-2/h14,17H,3-13,15-16,18H2,1-2H3/b17-14-. The molecule has 0 atom stereocenters. The van der Waals surface area contributed by atoms with Crippen molar-refractivity contribution in [3.8, 4) is 0 Å². The van der Waals surface area contributed by atoms with Gasteiger partial charge in [0.15, 0.2) is 0 Å². The van der Waals surface area contributed by atoms with Crippen molar-refractivity contribution >= 4 is 5.97 Å². The van der Waals surface area contributed by atoms with E-state index in [2.05, 4.69) is 13.8 Å². The fourth-order valence-electron chi connectivity index (χ4n) is 2.53.